The molecule has 10 nitrogen and oxygen atoms in total. The van der Waals surface area contributed by atoms with Gasteiger partial charge in [-0.2, -0.15) is 0 Å². The van der Waals surface area contributed by atoms with E-state index < -0.39 is 12.0 Å². The molecule has 35 heavy (non-hydrogen) atoms. The van der Waals surface area contributed by atoms with E-state index in [-0.39, 0.29) is 12.3 Å². The average Bonchev–Trinajstić information content (AvgIpc) is 2.82. The molecule has 186 valence electrons. The second-order valence-corrected chi connectivity index (χ2v) is 8.37. The normalized spacial score (nSPS) is 11.8. The largest absolute Gasteiger partial charge is 0.493 e. The fraction of sp³-hybridized carbons (Fsp3) is 0.360. The predicted octanol–water partition coefficient (Wildman–Crippen LogP) is 2.84. The number of benzene rings is 2. The molecule has 0 aliphatic carbocycles. The average molecular weight is 482 g/mol. The number of hydrogen-bond acceptors (Lipinski definition) is 8. The zero-order chi connectivity index (χ0) is 25.4. The molecule has 2 aromatic carbocycles. The summed E-state index contributed by atoms with van der Waals surface area (Å²) in [5.74, 6) is 0.354. The Labute approximate surface area is 204 Å². The van der Waals surface area contributed by atoms with Crippen molar-refractivity contribution in [2.24, 2.45) is 0 Å². The maximum Gasteiger partial charge on any atom is 0.326 e. The number of carboxylic acid groups (broad SMARTS) is 1. The summed E-state index contributed by atoms with van der Waals surface area (Å²) in [4.78, 5) is 33.5. The van der Waals surface area contributed by atoms with Gasteiger partial charge in [0.15, 0.2) is 11.5 Å². The molecule has 0 bridgehead atoms. The Morgan fingerprint density at radius 2 is 1.86 bits per heavy atom. The lowest BCUT2D eigenvalue weighted by atomic mass is 10.1. The van der Waals surface area contributed by atoms with Crippen LogP contribution in [0.3, 0.4) is 0 Å². The Morgan fingerprint density at radius 1 is 1.11 bits per heavy atom. The minimum atomic E-state index is -1.08. The minimum Gasteiger partial charge on any atom is -0.493 e. The molecule has 1 atom stereocenters. The van der Waals surface area contributed by atoms with Crippen molar-refractivity contribution in [1.29, 1.82) is 0 Å². The SMILES string of the molecule is COc1cc2ncnc(Nc3ccc(CC(NC(C)=O)C(=O)O)cc3)c2cc1OCCCN(C)C. The number of ether oxygens (including phenoxy) is 2. The molecule has 0 fully saturated rings. The monoisotopic (exact) mass is 481 g/mol. The molecule has 0 saturated carbocycles. The molecule has 0 aliphatic heterocycles. The maximum atomic E-state index is 11.4. The second-order valence-electron chi connectivity index (χ2n) is 8.37. The molecule has 1 heterocycles. The number of anilines is 2. The Morgan fingerprint density at radius 3 is 2.49 bits per heavy atom. The zero-order valence-corrected chi connectivity index (χ0v) is 20.4. The number of rotatable bonds is 12. The van der Waals surface area contributed by atoms with Gasteiger partial charge in [0.2, 0.25) is 5.91 Å². The van der Waals surface area contributed by atoms with E-state index in [0.717, 1.165) is 29.6 Å². The Balaban J connectivity index is 1.78. The Bertz CT molecular complexity index is 1170. The summed E-state index contributed by atoms with van der Waals surface area (Å²) in [7, 11) is 5.63. The van der Waals surface area contributed by atoms with E-state index in [1.807, 2.05) is 50.5 Å². The van der Waals surface area contributed by atoms with Gasteiger partial charge in [-0.25, -0.2) is 14.8 Å². The van der Waals surface area contributed by atoms with Gasteiger partial charge >= 0.3 is 5.97 Å². The van der Waals surface area contributed by atoms with Gasteiger partial charge in [-0.1, -0.05) is 12.1 Å². The van der Waals surface area contributed by atoms with Gasteiger partial charge in [0.25, 0.3) is 0 Å². The molecule has 0 aliphatic rings. The highest BCUT2D eigenvalue weighted by atomic mass is 16.5. The third kappa shape index (κ3) is 7.28. The van der Waals surface area contributed by atoms with Crippen LogP contribution in [0.25, 0.3) is 10.9 Å². The maximum absolute atomic E-state index is 11.4. The number of methoxy groups -OCH3 is 1. The predicted molar refractivity (Wildman–Crippen MR) is 133 cm³/mol. The van der Waals surface area contributed by atoms with Crippen LogP contribution in [0.15, 0.2) is 42.7 Å². The highest BCUT2D eigenvalue weighted by Crippen LogP contribution is 2.34. The second kappa shape index (κ2) is 12.0. The molecule has 0 spiro atoms. The van der Waals surface area contributed by atoms with Crippen LogP contribution in [-0.2, 0) is 16.0 Å². The summed E-state index contributed by atoms with van der Waals surface area (Å²) in [6.07, 6.45) is 2.53. The third-order valence-corrected chi connectivity index (χ3v) is 5.26. The van der Waals surface area contributed by atoms with Crippen molar-refractivity contribution < 1.29 is 24.2 Å². The van der Waals surface area contributed by atoms with Gasteiger partial charge in [0.05, 0.1) is 19.2 Å². The van der Waals surface area contributed by atoms with Crippen LogP contribution in [0.5, 0.6) is 11.5 Å². The molecule has 1 aromatic heterocycles. The molecular weight excluding hydrogens is 450 g/mol. The molecular formula is C25H31N5O5. The lowest BCUT2D eigenvalue weighted by molar-refractivity contribution is -0.141. The summed E-state index contributed by atoms with van der Waals surface area (Å²) in [6.45, 7) is 2.76. The van der Waals surface area contributed by atoms with Crippen molar-refractivity contribution in [2.75, 3.05) is 39.7 Å². The number of amides is 1. The molecule has 10 heteroatoms. The summed E-state index contributed by atoms with van der Waals surface area (Å²) >= 11 is 0. The molecule has 1 unspecified atom stereocenters. The summed E-state index contributed by atoms with van der Waals surface area (Å²) in [6, 6.07) is 9.99. The number of hydrogen-bond donors (Lipinski definition) is 3. The fourth-order valence-electron chi connectivity index (χ4n) is 3.54. The van der Waals surface area contributed by atoms with Crippen molar-refractivity contribution >= 4 is 34.3 Å². The van der Waals surface area contributed by atoms with Crippen LogP contribution in [0.1, 0.15) is 18.9 Å². The molecule has 0 saturated heterocycles. The van der Waals surface area contributed by atoms with Crippen molar-refractivity contribution in [3.8, 4) is 11.5 Å². The van der Waals surface area contributed by atoms with Crippen molar-refractivity contribution in [1.82, 2.24) is 20.2 Å². The number of nitrogens with one attached hydrogen (secondary N) is 2. The number of aliphatic carboxylic acids is 1. The van der Waals surface area contributed by atoms with Gasteiger partial charge in [-0.05, 0) is 44.3 Å². The first-order valence-electron chi connectivity index (χ1n) is 11.2. The first kappa shape index (κ1) is 25.7. The number of carbonyl (C=O) groups excluding carboxylic acids is 1. The molecule has 0 radical (unpaired) electrons. The van der Waals surface area contributed by atoms with Gasteiger partial charge in [-0.15, -0.1) is 0 Å². The van der Waals surface area contributed by atoms with Crippen LogP contribution in [0, 0.1) is 0 Å². The van der Waals surface area contributed by atoms with Crippen LogP contribution >= 0.6 is 0 Å². The van der Waals surface area contributed by atoms with Gasteiger partial charge < -0.3 is 30.1 Å². The quantitative estimate of drug-likeness (QED) is 0.335. The molecule has 3 aromatic rings. The molecule has 3 N–H and O–H groups in total. The summed E-state index contributed by atoms with van der Waals surface area (Å²) in [5, 5.41) is 15.8. The number of carbonyl (C=O) groups is 2. The number of carboxylic acids is 1. The first-order chi connectivity index (χ1) is 16.8. The third-order valence-electron chi connectivity index (χ3n) is 5.26. The molecule has 1 amide bonds. The minimum absolute atomic E-state index is 0.181. The van der Waals surface area contributed by atoms with E-state index in [1.165, 1.54) is 13.3 Å². The van der Waals surface area contributed by atoms with Gasteiger partial charge in [-0.3, -0.25) is 4.79 Å². The van der Waals surface area contributed by atoms with E-state index in [9.17, 15) is 14.7 Å². The van der Waals surface area contributed by atoms with Crippen LogP contribution in [0.2, 0.25) is 0 Å². The number of fused-ring (bicyclic) bond motifs is 1. The van der Waals surface area contributed by atoms with E-state index in [0.29, 0.717) is 29.4 Å². The first-order valence-corrected chi connectivity index (χ1v) is 11.2. The van der Waals surface area contributed by atoms with Crippen LogP contribution < -0.4 is 20.1 Å². The van der Waals surface area contributed by atoms with E-state index in [4.69, 9.17) is 9.47 Å². The van der Waals surface area contributed by atoms with Crippen molar-refractivity contribution in [2.45, 2.75) is 25.8 Å². The van der Waals surface area contributed by atoms with Gasteiger partial charge in [0, 0.05) is 37.0 Å². The lowest BCUT2D eigenvalue weighted by Gasteiger charge is -2.15. The van der Waals surface area contributed by atoms with Crippen LogP contribution in [0.4, 0.5) is 11.5 Å². The highest BCUT2D eigenvalue weighted by molar-refractivity contribution is 5.93. The van der Waals surface area contributed by atoms with Crippen molar-refractivity contribution in [3.63, 3.8) is 0 Å². The molecule has 3 rings (SSSR count). The standard InChI is InChI=1S/C25H31N5O5/c1-16(31)28-21(25(32)33)12-17-6-8-18(9-7-17)29-24-19-13-23(35-11-5-10-30(2)3)22(34-4)14-20(19)26-15-27-24/h6-9,13-15,21H,5,10-12H2,1-4H3,(H,28,31)(H,32,33)(H,26,27,29). The van der Waals surface area contributed by atoms with Crippen LogP contribution in [-0.4, -0.2) is 72.2 Å². The fourth-order valence-corrected chi connectivity index (χ4v) is 3.54. The summed E-state index contributed by atoms with van der Waals surface area (Å²) in [5.41, 5.74) is 2.25. The highest BCUT2D eigenvalue weighted by Gasteiger charge is 2.19. The van der Waals surface area contributed by atoms with E-state index in [2.05, 4.69) is 25.5 Å². The summed E-state index contributed by atoms with van der Waals surface area (Å²) < 4.78 is 11.5. The number of aromatic nitrogens is 2. The van der Waals surface area contributed by atoms with Gasteiger partial charge in [0.1, 0.15) is 18.2 Å². The Kier molecular flexibility index (Phi) is 8.80. The van der Waals surface area contributed by atoms with Crippen molar-refractivity contribution in [3.05, 3.63) is 48.3 Å². The zero-order valence-electron chi connectivity index (χ0n) is 20.4. The van der Waals surface area contributed by atoms with E-state index in [1.54, 1.807) is 7.11 Å². The topological polar surface area (TPSA) is 126 Å². The number of nitrogens with zero attached hydrogens (tertiary/aromatic N) is 3. The lowest BCUT2D eigenvalue weighted by Crippen LogP contribution is -2.41. The smallest absolute Gasteiger partial charge is 0.326 e. The Hall–Kier alpha value is -3.92. The van der Waals surface area contributed by atoms with E-state index >= 15 is 0 Å².